The molecule has 0 aromatic heterocycles. The lowest BCUT2D eigenvalue weighted by atomic mass is 10.1. The second-order valence-corrected chi connectivity index (χ2v) is 9.40. The summed E-state index contributed by atoms with van der Waals surface area (Å²) >= 11 is 0. The molecule has 0 radical (unpaired) electrons. The number of nitrogens with zero attached hydrogens (tertiary/aromatic N) is 1. The molecule has 2 N–H and O–H groups in total. The SMILES string of the molecule is CC[C@H](C)NC(=O)c1ccccc1NC(=O)CN(c1ccccc1)S(=O)(=O)c1ccccc1. The number of hydrogen-bond donors (Lipinski definition) is 2. The molecule has 7 nitrogen and oxygen atoms in total. The van der Waals surface area contributed by atoms with Gasteiger partial charge in [0.05, 0.1) is 21.8 Å². The monoisotopic (exact) mass is 465 g/mol. The third kappa shape index (κ3) is 5.98. The molecule has 0 aliphatic carbocycles. The van der Waals surface area contributed by atoms with Gasteiger partial charge < -0.3 is 10.6 Å². The van der Waals surface area contributed by atoms with Crippen LogP contribution in [0.2, 0.25) is 0 Å². The molecule has 8 heteroatoms. The quantitative estimate of drug-likeness (QED) is 0.498. The van der Waals surface area contributed by atoms with E-state index in [4.69, 9.17) is 0 Å². The van der Waals surface area contributed by atoms with Crippen molar-refractivity contribution < 1.29 is 18.0 Å². The van der Waals surface area contributed by atoms with Crippen LogP contribution < -0.4 is 14.9 Å². The first-order chi connectivity index (χ1) is 15.8. The highest BCUT2D eigenvalue weighted by Gasteiger charge is 2.27. The van der Waals surface area contributed by atoms with Crippen molar-refractivity contribution in [1.29, 1.82) is 0 Å². The molecule has 1 atom stereocenters. The van der Waals surface area contributed by atoms with Crippen molar-refractivity contribution in [1.82, 2.24) is 5.32 Å². The maximum absolute atomic E-state index is 13.3. The molecule has 0 spiro atoms. The molecule has 0 bridgehead atoms. The molecule has 0 aliphatic rings. The normalized spacial score (nSPS) is 11.9. The van der Waals surface area contributed by atoms with Gasteiger partial charge >= 0.3 is 0 Å². The molecular formula is C25H27N3O4S. The number of nitrogens with one attached hydrogen (secondary N) is 2. The van der Waals surface area contributed by atoms with Gasteiger partial charge in [-0.05, 0) is 49.7 Å². The van der Waals surface area contributed by atoms with Gasteiger partial charge in [0.15, 0.2) is 0 Å². The van der Waals surface area contributed by atoms with Crippen LogP contribution in [-0.4, -0.2) is 32.8 Å². The zero-order chi connectivity index (χ0) is 23.8. The summed E-state index contributed by atoms with van der Waals surface area (Å²) in [6, 6.07) is 23.0. The van der Waals surface area contributed by atoms with Crippen LogP contribution in [0.15, 0.2) is 89.8 Å². The van der Waals surface area contributed by atoms with Crippen LogP contribution in [0.4, 0.5) is 11.4 Å². The maximum Gasteiger partial charge on any atom is 0.264 e. The minimum atomic E-state index is -3.99. The topological polar surface area (TPSA) is 95.6 Å². The molecule has 33 heavy (non-hydrogen) atoms. The number of benzene rings is 3. The number of rotatable bonds is 9. The molecule has 3 aromatic carbocycles. The van der Waals surface area contributed by atoms with Gasteiger partial charge in [0.25, 0.3) is 15.9 Å². The van der Waals surface area contributed by atoms with E-state index in [1.165, 1.54) is 12.1 Å². The Morgan fingerprint density at radius 2 is 1.45 bits per heavy atom. The molecule has 0 saturated heterocycles. The highest BCUT2D eigenvalue weighted by Crippen LogP contribution is 2.24. The Morgan fingerprint density at radius 1 is 0.879 bits per heavy atom. The van der Waals surface area contributed by atoms with Crippen LogP contribution in [0, 0.1) is 0 Å². The number of carbonyl (C=O) groups excluding carboxylic acids is 2. The predicted molar refractivity (Wildman–Crippen MR) is 130 cm³/mol. The number of carbonyl (C=O) groups is 2. The fourth-order valence-electron chi connectivity index (χ4n) is 3.14. The number of amides is 2. The van der Waals surface area contributed by atoms with Crippen molar-refractivity contribution in [2.45, 2.75) is 31.2 Å². The number of hydrogen-bond acceptors (Lipinski definition) is 4. The van der Waals surface area contributed by atoms with Gasteiger partial charge in [-0.2, -0.15) is 0 Å². The summed E-state index contributed by atoms with van der Waals surface area (Å²) in [5, 5.41) is 5.58. The second kappa shape index (κ2) is 10.8. The Kier molecular flexibility index (Phi) is 7.84. The summed E-state index contributed by atoms with van der Waals surface area (Å²) < 4.78 is 27.7. The molecule has 2 amide bonds. The number of anilines is 2. The summed E-state index contributed by atoms with van der Waals surface area (Å²) in [4.78, 5) is 25.7. The minimum Gasteiger partial charge on any atom is -0.350 e. The van der Waals surface area contributed by atoms with Crippen molar-refractivity contribution >= 4 is 33.2 Å². The van der Waals surface area contributed by atoms with E-state index in [0.717, 1.165) is 10.7 Å². The van der Waals surface area contributed by atoms with Gasteiger partial charge in [0.2, 0.25) is 5.91 Å². The fraction of sp³-hybridized carbons (Fsp3) is 0.200. The zero-order valence-corrected chi connectivity index (χ0v) is 19.4. The molecular weight excluding hydrogens is 438 g/mol. The summed E-state index contributed by atoms with van der Waals surface area (Å²) in [6.07, 6.45) is 0.768. The first-order valence-electron chi connectivity index (χ1n) is 10.7. The summed E-state index contributed by atoms with van der Waals surface area (Å²) in [5.74, 6) is -0.876. The minimum absolute atomic E-state index is 0.0224. The van der Waals surface area contributed by atoms with Crippen molar-refractivity contribution in [2.75, 3.05) is 16.2 Å². The van der Waals surface area contributed by atoms with Crippen LogP contribution >= 0.6 is 0 Å². The second-order valence-electron chi connectivity index (χ2n) is 7.54. The van der Waals surface area contributed by atoms with Crippen LogP contribution in [0.3, 0.4) is 0 Å². The van der Waals surface area contributed by atoms with E-state index in [2.05, 4.69) is 10.6 Å². The highest BCUT2D eigenvalue weighted by molar-refractivity contribution is 7.92. The van der Waals surface area contributed by atoms with Gasteiger partial charge in [-0.1, -0.05) is 55.5 Å². The van der Waals surface area contributed by atoms with E-state index >= 15 is 0 Å². The van der Waals surface area contributed by atoms with Gasteiger partial charge in [-0.3, -0.25) is 13.9 Å². The third-order valence-corrected chi connectivity index (χ3v) is 6.89. The Bertz CT molecular complexity index is 1200. The van der Waals surface area contributed by atoms with E-state index in [9.17, 15) is 18.0 Å². The smallest absolute Gasteiger partial charge is 0.264 e. The maximum atomic E-state index is 13.3. The lowest BCUT2D eigenvalue weighted by Crippen LogP contribution is -2.38. The zero-order valence-electron chi connectivity index (χ0n) is 18.6. The van der Waals surface area contributed by atoms with Crippen LogP contribution in [0.25, 0.3) is 0 Å². The number of sulfonamides is 1. The molecule has 0 fully saturated rings. The molecule has 0 saturated carbocycles. The van der Waals surface area contributed by atoms with Crippen molar-refractivity contribution in [3.05, 3.63) is 90.5 Å². The van der Waals surface area contributed by atoms with E-state index in [-0.39, 0.29) is 16.8 Å². The van der Waals surface area contributed by atoms with E-state index in [1.54, 1.807) is 72.8 Å². The average Bonchev–Trinajstić information content (AvgIpc) is 2.83. The van der Waals surface area contributed by atoms with Crippen molar-refractivity contribution in [2.24, 2.45) is 0 Å². The third-order valence-electron chi connectivity index (χ3n) is 5.10. The summed E-state index contributed by atoms with van der Waals surface area (Å²) in [6.45, 7) is 3.40. The van der Waals surface area contributed by atoms with Gasteiger partial charge in [-0.15, -0.1) is 0 Å². The molecule has 3 rings (SSSR count). The number of para-hydroxylation sites is 2. The molecule has 0 unspecified atom stereocenters. The molecule has 172 valence electrons. The summed E-state index contributed by atoms with van der Waals surface area (Å²) in [7, 11) is -3.99. The first-order valence-corrected chi connectivity index (χ1v) is 12.1. The largest absolute Gasteiger partial charge is 0.350 e. The summed E-state index contributed by atoms with van der Waals surface area (Å²) in [5.41, 5.74) is 0.982. The lowest BCUT2D eigenvalue weighted by Gasteiger charge is -2.24. The van der Waals surface area contributed by atoms with Crippen molar-refractivity contribution in [3.63, 3.8) is 0 Å². The average molecular weight is 466 g/mol. The Morgan fingerprint density at radius 3 is 2.09 bits per heavy atom. The predicted octanol–water partition coefficient (Wildman–Crippen LogP) is 4.05. The van der Waals surface area contributed by atoms with Crippen LogP contribution in [0.1, 0.15) is 30.6 Å². The van der Waals surface area contributed by atoms with E-state index < -0.39 is 22.5 Å². The van der Waals surface area contributed by atoms with Crippen molar-refractivity contribution in [3.8, 4) is 0 Å². The highest BCUT2D eigenvalue weighted by atomic mass is 32.2. The first kappa shape index (κ1) is 24.0. The Labute approximate surface area is 194 Å². The fourth-order valence-corrected chi connectivity index (χ4v) is 4.58. The Balaban J connectivity index is 1.87. The van der Waals surface area contributed by atoms with Gasteiger partial charge in [0.1, 0.15) is 6.54 Å². The van der Waals surface area contributed by atoms with Gasteiger partial charge in [0, 0.05) is 6.04 Å². The lowest BCUT2D eigenvalue weighted by molar-refractivity contribution is -0.114. The molecule has 0 aliphatic heterocycles. The van der Waals surface area contributed by atoms with Crippen LogP contribution in [0.5, 0.6) is 0 Å². The molecule has 3 aromatic rings. The standard InChI is InChI=1S/C25H27N3O4S/c1-3-19(2)26-25(30)22-16-10-11-17-23(22)27-24(29)18-28(20-12-6-4-7-13-20)33(31,32)21-14-8-5-9-15-21/h4-17,19H,3,18H2,1-2H3,(H,26,30)(H,27,29)/t19-/m0/s1. The molecule has 0 heterocycles. The van der Waals surface area contributed by atoms with Crippen LogP contribution in [-0.2, 0) is 14.8 Å². The van der Waals surface area contributed by atoms with E-state index in [1.807, 2.05) is 13.8 Å². The van der Waals surface area contributed by atoms with E-state index in [0.29, 0.717) is 16.9 Å². The Hall–Kier alpha value is -3.65. The van der Waals surface area contributed by atoms with Gasteiger partial charge in [-0.25, -0.2) is 8.42 Å².